The van der Waals surface area contributed by atoms with Gasteiger partial charge in [-0.05, 0) is 12.0 Å². The standard InChI is InChI=1S/C15H22N2O/c1-2-3-9-15(18)17-11-10-16-12-14(17)13-7-5-4-6-8-13/h4-8,14,16H,2-3,9-12H2,1H3. The topological polar surface area (TPSA) is 32.3 Å². The molecule has 1 aromatic carbocycles. The minimum Gasteiger partial charge on any atom is -0.333 e. The number of nitrogens with zero attached hydrogens (tertiary/aromatic N) is 1. The van der Waals surface area contributed by atoms with Crippen molar-refractivity contribution in [3.63, 3.8) is 0 Å². The van der Waals surface area contributed by atoms with Crippen LogP contribution < -0.4 is 5.32 Å². The summed E-state index contributed by atoms with van der Waals surface area (Å²) >= 11 is 0. The summed E-state index contributed by atoms with van der Waals surface area (Å²) in [6.07, 6.45) is 2.75. The molecule has 0 bridgehead atoms. The molecule has 0 spiro atoms. The Morgan fingerprint density at radius 2 is 2.17 bits per heavy atom. The third-order valence-electron chi connectivity index (χ3n) is 3.49. The van der Waals surface area contributed by atoms with Crippen molar-refractivity contribution >= 4 is 5.91 Å². The van der Waals surface area contributed by atoms with Crippen molar-refractivity contribution in [2.75, 3.05) is 19.6 Å². The molecule has 1 aliphatic heterocycles. The van der Waals surface area contributed by atoms with Crippen LogP contribution in [0.25, 0.3) is 0 Å². The second-order valence-electron chi connectivity index (χ2n) is 4.82. The van der Waals surface area contributed by atoms with Gasteiger partial charge in [0.05, 0.1) is 6.04 Å². The number of amides is 1. The van der Waals surface area contributed by atoms with E-state index in [2.05, 4.69) is 24.4 Å². The number of nitrogens with one attached hydrogen (secondary N) is 1. The van der Waals surface area contributed by atoms with E-state index in [-0.39, 0.29) is 6.04 Å². The minimum atomic E-state index is 0.198. The van der Waals surface area contributed by atoms with Crippen LogP contribution in [0.15, 0.2) is 30.3 Å². The zero-order chi connectivity index (χ0) is 12.8. The van der Waals surface area contributed by atoms with Gasteiger partial charge in [0.2, 0.25) is 5.91 Å². The van der Waals surface area contributed by atoms with Gasteiger partial charge in [0.25, 0.3) is 0 Å². The normalized spacial score (nSPS) is 19.8. The lowest BCUT2D eigenvalue weighted by Gasteiger charge is -2.36. The van der Waals surface area contributed by atoms with Crippen LogP contribution in [0.1, 0.15) is 37.8 Å². The highest BCUT2D eigenvalue weighted by Gasteiger charge is 2.26. The van der Waals surface area contributed by atoms with E-state index < -0.39 is 0 Å². The Morgan fingerprint density at radius 3 is 2.89 bits per heavy atom. The molecule has 2 rings (SSSR count). The number of piperazine rings is 1. The summed E-state index contributed by atoms with van der Waals surface area (Å²) in [5.74, 6) is 0.298. The van der Waals surface area contributed by atoms with Crippen molar-refractivity contribution in [3.05, 3.63) is 35.9 Å². The van der Waals surface area contributed by atoms with Gasteiger partial charge >= 0.3 is 0 Å². The van der Waals surface area contributed by atoms with Crippen molar-refractivity contribution < 1.29 is 4.79 Å². The highest BCUT2D eigenvalue weighted by Crippen LogP contribution is 2.23. The Bertz CT molecular complexity index is 377. The lowest BCUT2D eigenvalue weighted by Crippen LogP contribution is -2.48. The Hall–Kier alpha value is -1.35. The molecule has 1 unspecified atom stereocenters. The van der Waals surface area contributed by atoms with E-state index in [1.165, 1.54) is 5.56 Å². The number of hydrogen-bond donors (Lipinski definition) is 1. The molecule has 18 heavy (non-hydrogen) atoms. The fourth-order valence-electron chi connectivity index (χ4n) is 2.45. The second kappa shape index (κ2) is 6.55. The van der Waals surface area contributed by atoms with E-state index >= 15 is 0 Å². The zero-order valence-electron chi connectivity index (χ0n) is 11.1. The highest BCUT2D eigenvalue weighted by atomic mass is 16.2. The number of benzene rings is 1. The smallest absolute Gasteiger partial charge is 0.223 e. The Kier molecular flexibility index (Phi) is 4.76. The molecule has 1 aromatic rings. The van der Waals surface area contributed by atoms with Gasteiger partial charge in [0.1, 0.15) is 0 Å². The Labute approximate surface area is 109 Å². The number of hydrogen-bond acceptors (Lipinski definition) is 2. The van der Waals surface area contributed by atoms with Gasteiger partial charge in [-0.2, -0.15) is 0 Å². The first kappa shape index (κ1) is 13.1. The first-order chi connectivity index (χ1) is 8.83. The second-order valence-corrected chi connectivity index (χ2v) is 4.82. The van der Waals surface area contributed by atoms with Gasteiger partial charge in [-0.3, -0.25) is 4.79 Å². The van der Waals surface area contributed by atoms with Crippen LogP contribution in [-0.2, 0) is 4.79 Å². The van der Waals surface area contributed by atoms with E-state index in [0.29, 0.717) is 12.3 Å². The molecule has 1 fully saturated rings. The molecule has 3 nitrogen and oxygen atoms in total. The molecule has 0 radical (unpaired) electrons. The summed E-state index contributed by atoms with van der Waals surface area (Å²) in [7, 11) is 0. The fraction of sp³-hybridized carbons (Fsp3) is 0.533. The fourth-order valence-corrected chi connectivity index (χ4v) is 2.45. The molecule has 1 N–H and O–H groups in total. The third kappa shape index (κ3) is 3.10. The third-order valence-corrected chi connectivity index (χ3v) is 3.49. The molecule has 1 aliphatic rings. The Balaban J connectivity index is 2.09. The predicted octanol–water partition coefficient (Wildman–Crippen LogP) is 2.35. The highest BCUT2D eigenvalue weighted by molar-refractivity contribution is 5.76. The number of unbranched alkanes of at least 4 members (excludes halogenated alkanes) is 1. The van der Waals surface area contributed by atoms with E-state index in [1.807, 2.05) is 23.1 Å². The van der Waals surface area contributed by atoms with Crippen molar-refractivity contribution in [1.82, 2.24) is 10.2 Å². The first-order valence-electron chi connectivity index (χ1n) is 6.88. The van der Waals surface area contributed by atoms with Gasteiger partial charge in [0, 0.05) is 26.1 Å². The lowest BCUT2D eigenvalue weighted by atomic mass is 10.0. The van der Waals surface area contributed by atoms with Gasteiger partial charge in [-0.15, -0.1) is 0 Å². The van der Waals surface area contributed by atoms with E-state index in [4.69, 9.17) is 0 Å². The molecular weight excluding hydrogens is 224 g/mol. The van der Waals surface area contributed by atoms with Gasteiger partial charge in [-0.25, -0.2) is 0 Å². The van der Waals surface area contributed by atoms with Gasteiger partial charge in [0.15, 0.2) is 0 Å². The van der Waals surface area contributed by atoms with Crippen LogP contribution in [-0.4, -0.2) is 30.4 Å². The summed E-state index contributed by atoms with van der Waals surface area (Å²) in [5.41, 5.74) is 1.23. The summed E-state index contributed by atoms with van der Waals surface area (Å²) in [5, 5.41) is 3.38. The van der Waals surface area contributed by atoms with Crippen LogP contribution in [0.4, 0.5) is 0 Å². The predicted molar refractivity (Wildman–Crippen MR) is 73.3 cm³/mol. The minimum absolute atomic E-state index is 0.198. The van der Waals surface area contributed by atoms with Crippen LogP contribution >= 0.6 is 0 Å². The molecule has 1 saturated heterocycles. The van der Waals surface area contributed by atoms with E-state index in [1.54, 1.807) is 0 Å². The SMILES string of the molecule is CCCCC(=O)N1CCNCC1c1ccccc1. The summed E-state index contributed by atoms with van der Waals surface area (Å²) in [6.45, 7) is 4.71. The maximum Gasteiger partial charge on any atom is 0.223 e. The number of rotatable bonds is 4. The maximum absolute atomic E-state index is 12.2. The van der Waals surface area contributed by atoms with Crippen LogP contribution in [0.5, 0.6) is 0 Å². The van der Waals surface area contributed by atoms with E-state index in [9.17, 15) is 4.79 Å². The van der Waals surface area contributed by atoms with E-state index in [0.717, 1.165) is 32.5 Å². The molecule has 1 atom stereocenters. The number of carbonyl (C=O) groups excluding carboxylic acids is 1. The molecule has 0 aliphatic carbocycles. The summed E-state index contributed by atoms with van der Waals surface area (Å²) < 4.78 is 0. The van der Waals surface area contributed by atoms with Crippen LogP contribution in [0.2, 0.25) is 0 Å². The monoisotopic (exact) mass is 246 g/mol. The molecule has 0 aromatic heterocycles. The van der Waals surface area contributed by atoms with Crippen LogP contribution in [0, 0.1) is 0 Å². The molecular formula is C15H22N2O. The summed E-state index contributed by atoms with van der Waals surface area (Å²) in [6, 6.07) is 10.5. The van der Waals surface area contributed by atoms with Gasteiger partial charge in [-0.1, -0.05) is 43.7 Å². The quantitative estimate of drug-likeness (QED) is 0.884. The lowest BCUT2D eigenvalue weighted by molar-refractivity contribution is -0.134. The molecule has 1 amide bonds. The average molecular weight is 246 g/mol. The van der Waals surface area contributed by atoms with Crippen molar-refractivity contribution in [3.8, 4) is 0 Å². The largest absolute Gasteiger partial charge is 0.333 e. The molecule has 3 heteroatoms. The molecule has 1 heterocycles. The zero-order valence-corrected chi connectivity index (χ0v) is 11.1. The number of carbonyl (C=O) groups is 1. The molecule has 0 saturated carbocycles. The first-order valence-corrected chi connectivity index (χ1v) is 6.88. The van der Waals surface area contributed by atoms with Crippen LogP contribution in [0.3, 0.4) is 0 Å². The average Bonchev–Trinajstić information content (AvgIpc) is 2.45. The summed E-state index contributed by atoms with van der Waals surface area (Å²) in [4.78, 5) is 14.3. The van der Waals surface area contributed by atoms with Gasteiger partial charge < -0.3 is 10.2 Å². The molecule has 98 valence electrons. The van der Waals surface area contributed by atoms with Crippen molar-refractivity contribution in [1.29, 1.82) is 0 Å². The van der Waals surface area contributed by atoms with Crippen molar-refractivity contribution in [2.45, 2.75) is 32.2 Å². The maximum atomic E-state index is 12.2. The van der Waals surface area contributed by atoms with Crippen molar-refractivity contribution in [2.24, 2.45) is 0 Å². The Morgan fingerprint density at radius 1 is 1.39 bits per heavy atom.